The van der Waals surface area contributed by atoms with E-state index in [4.69, 9.17) is 0 Å². The summed E-state index contributed by atoms with van der Waals surface area (Å²) in [6.07, 6.45) is 2.13. The van der Waals surface area contributed by atoms with Gasteiger partial charge in [0.1, 0.15) is 0 Å². The molecule has 0 fully saturated rings. The summed E-state index contributed by atoms with van der Waals surface area (Å²) in [5.41, 5.74) is 2.21. The molecule has 1 rings (SSSR count). The largest absolute Gasteiger partial charge is 0.0811 e. The van der Waals surface area contributed by atoms with E-state index in [0.717, 1.165) is 17.2 Å². The maximum Gasteiger partial charge on any atom is 0.0332 e. The average molecular weight is 122 g/mol. The van der Waals surface area contributed by atoms with Crippen LogP contribution < -0.4 is 0 Å². The van der Waals surface area contributed by atoms with Crippen molar-refractivity contribution in [3.63, 3.8) is 0 Å². The van der Waals surface area contributed by atoms with Crippen LogP contribution in [0.25, 0.3) is 0 Å². The van der Waals surface area contributed by atoms with Crippen molar-refractivity contribution in [1.29, 1.82) is 0 Å². The van der Waals surface area contributed by atoms with Crippen molar-refractivity contribution < 1.29 is 0 Å². The standard InChI is InChI=1S/C3H2Si3/c4-3-1-2-5-6-3/h1-2H. The molecule has 0 saturated carbocycles. The summed E-state index contributed by atoms with van der Waals surface area (Å²) >= 11 is 0. The fraction of sp³-hybridized carbons (Fsp3) is 0. The molecule has 0 aromatic carbocycles. The van der Waals surface area contributed by atoms with Gasteiger partial charge in [0.2, 0.25) is 0 Å². The molecule has 26 valence electrons. The van der Waals surface area contributed by atoms with Crippen molar-refractivity contribution in [3.05, 3.63) is 11.8 Å². The summed E-state index contributed by atoms with van der Waals surface area (Å²) in [6.45, 7) is 0. The zero-order chi connectivity index (χ0) is 4.41. The van der Waals surface area contributed by atoms with Gasteiger partial charge in [0, 0.05) is 27.1 Å². The summed E-state index contributed by atoms with van der Waals surface area (Å²) in [6, 6.07) is 0. The first-order valence-corrected chi connectivity index (χ1v) is 5.24. The molecular formula is C3H2Si3. The van der Waals surface area contributed by atoms with Crippen molar-refractivity contribution >= 4 is 31.9 Å². The van der Waals surface area contributed by atoms with Gasteiger partial charge in [-0.2, -0.15) is 0 Å². The number of hydrogen-bond donors (Lipinski definition) is 0. The molecule has 0 unspecified atom stereocenters. The van der Waals surface area contributed by atoms with Crippen LogP contribution in [0.4, 0.5) is 0 Å². The fourth-order valence-electron chi connectivity index (χ4n) is 0.286. The highest BCUT2D eigenvalue weighted by Gasteiger charge is 1.82. The minimum atomic E-state index is 1.03. The first-order chi connectivity index (χ1) is 2.89. The quantitative estimate of drug-likeness (QED) is 0.367. The van der Waals surface area contributed by atoms with Gasteiger partial charge in [0.15, 0.2) is 0 Å². The SMILES string of the molecule is [Si]=C1C=C[Si]=[Si]1. The first kappa shape index (κ1) is 4.42. The van der Waals surface area contributed by atoms with Gasteiger partial charge < -0.3 is 0 Å². The van der Waals surface area contributed by atoms with Gasteiger partial charge in [0.25, 0.3) is 0 Å². The van der Waals surface area contributed by atoms with E-state index < -0.39 is 0 Å². The molecule has 0 aromatic rings. The molecule has 0 spiro atoms. The van der Waals surface area contributed by atoms with E-state index in [1.54, 1.807) is 0 Å². The number of rotatable bonds is 0. The van der Waals surface area contributed by atoms with Gasteiger partial charge in [0.05, 0.1) is 0 Å². The van der Waals surface area contributed by atoms with Gasteiger partial charge in [-0.1, -0.05) is 16.6 Å². The molecule has 0 aliphatic carbocycles. The maximum atomic E-state index is 3.43. The Morgan fingerprint density at radius 2 is 2.50 bits per heavy atom. The maximum absolute atomic E-state index is 3.43. The van der Waals surface area contributed by atoms with Crippen LogP contribution in [0.2, 0.25) is 0 Å². The van der Waals surface area contributed by atoms with E-state index in [-0.39, 0.29) is 0 Å². The molecule has 6 heavy (non-hydrogen) atoms. The lowest BCUT2D eigenvalue weighted by molar-refractivity contribution is 2.44. The van der Waals surface area contributed by atoms with Gasteiger partial charge in [-0.15, -0.1) is 0 Å². The van der Waals surface area contributed by atoms with Crippen molar-refractivity contribution in [2.24, 2.45) is 0 Å². The van der Waals surface area contributed by atoms with Crippen LogP contribution >= 0.6 is 0 Å². The molecule has 1 aliphatic rings. The normalized spacial score (nSPS) is 17.0. The minimum Gasteiger partial charge on any atom is -0.0811 e. The molecule has 0 N–H and O–H groups in total. The molecule has 3 heteroatoms. The monoisotopic (exact) mass is 122 g/mol. The lowest BCUT2D eigenvalue weighted by atomic mass is 10.7. The van der Waals surface area contributed by atoms with Gasteiger partial charge in [-0.3, -0.25) is 0 Å². The Morgan fingerprint density at radius 1 is 1.67 bits per heavy atom. The second-order valence-corrected chi connectivity index (χ2v) is 5.08. The molecule has 0 aromatic heterocycles. The van der Waals surface area contributed by atoms with E-state index in [0.29, 0.717) is 0 Å². The van der Waals surface area contributed by atoms with Crippen LogP contribution in [0.15, 0.2) is 11.8 Å². The van der Waals surface area contributed by atoms with E-state index in [2.05, 4.69) is 21.6 Å². The Kier molecular flexibility index (Phi) is 1.33. The molecule has 0 atom stereocenters. The Labute approximate surface area is 44.3 Å². The topological polar surface area (TPSA) is 0 Å². The number of hydrogen-bond acceptors (Lipinski definition) is 0. The van der Waals surface area contributed by atoms with Gasteiger partial charge in [-0.05, 0) is 0 Å². The van der Waals surface area contributed by atoms with Crippen LogP contribution in [0.3, 0.4) is 0 Å². The van der Waals surface area contributed by atoms with Crippen molar-refractivity contribution in [2.45, 2.75) is 0 Å². The Hall–Kier alpha value is 0.261. The third-order valence-electron chi connectivity index (χ3n) is 0.540. The molecule has 0 nitrogen and oxygen atoms in total. The summed E-state index contributed by atoms with van der Waals surface area (Å²) in [7, 11) is 5.51. The predicted octanol–water partition coefficient (Wildman–Crippen LogP) is -0.865. The van der Waals surface area contributed by atoms with E-state index >= 15 is 0 Å². The van der Waals surface area contributed by atoms with Crippen LogP contribution in [0.5, 0.6) is 0 Å². The minimum absolute atomic E-state index is 1.03. The molecule has 0 amide bonds. The lowest BCUT2D eigenvalue weighted by Crippen LogP contribution is -1.91. The molecule has 4 radical (unpaired) electrons. The molecule has 1 aliphatic heterocycles. The highest BCUT2D eigenvalue weighted by molar-refractivity contribution is 7.05. The molecule has 0 bridgehead atoms. The van der Waals surface area contributed by atoms with Gasteiger partial charge in [-0.25, -0.2) is 0 Å². The second kappa shape index (κ2) is 1.81. The van der Waals surface area contributed by atoms with E-state index in [1.807, 2.05) is 0 Å². The highest BCUT2D eigenvalue weighted by Crippen LogP contribution is 1.72. The Morgan fingerprint density at radius 3 is 2.67 bits per heavy atom. The summed E-state index contributed by atoms with van der Waals surface area (Å²) < 4.78 is 0. The average Bonchev–Trinajstić information content (AvgIpc) is 1.86. The van der Waals surface area contributed by atoms with Crippen molar-refractivity contribution in [1.82, 2.24) is 0 Å². The zero-order valence-corrected chi connectivity index (χ0v) is 6.15. The lowest BCUT2D eigenvalue weighted by Gasteiger charge is -1.70. The third-order valence-corrected chi connectivity index (χ3v) is 4.49. The smallest absolute Gasteiger partial charge is 0.0332 e. The zero-order valence-electron chi connectivity index (χ0n) is 3.15. The summed E-state index contributed by atoms with van der Waals surface area (Å²) in [5, 5.41) is 0. The van der Waals surface area contributed by atoms with E-state index in [9.17, 15) is 0 Å². The molecule has 1 heterocycles. The van der Waals surface area contributed by atoms with Crippen molar-refractivity contribution in [2.75, 3.05) is 0 Å². The van der Waals surface area contributed by atoms with E-state index in [1.165, 1.54) is 4.79 Å². The fourth-order valence-corrected chi connectivity index (χ4v) is 3.22. The van der Waals surface area contributed by atoms with Crippen LogP contribution in [0, 0.1) is 0 Å². The third kappa shape index (κ3) is 0.859. The Bertz CT molecular complexity index is 108. The molecular weight excluding hydrogens is 120 g/mol. The first-order valence-electron chi connectivity index (χ1n) is 1.66. The highest BCUT2D eigenvalue weighted by atomic mass is 28.9. The summed E-state index contributed by atoms with van der Waals surface area (Å²) in [4.78, 5) is 1.37. The number of allylic oxidation sites excluding steroid dienone is 1. The van der Waals surface area contributed by atoms with Crippen LogP contribution in [-0.2, 0) is 0 Å². The molecule has 0 saturated heterocycles. The Balaban J connectivity index is 2.86. The van der Waals surface area contributed by atoms with Gasteiger partial charge >= 0.3 is 0 Å². The predicted molar refractivity (Wildman–Crippen MR) is 31.4 cm³/mol. The summed E-state index contributed by atoms with van der Waals surface area (Å²) in [5.74, 6) is 0. The second-order valence-electron chi connectivity index (χ2n) is 1.02. The van der Waals surface area contributed by atoms with Crippen LogP contribution in [0.1, 0.15) is 0 Å². The van der Waals surface area contributed by atoms with Crippen molar-refractivity contribution in [3.8, 4) is 0 Å². The van der Waals surface area contributed by atoms with Crippen LogP contribution in [-0.4, -0.2) is 31.9 Å².